The number of methoxy groups -OCH3 is 1. The van der Waals surface area contributed by atoms with Crippen LogP contribution < -0.4 is 4.74 Å². The van der Waals surface area contributed by atoms with Crippen LogP contribution in [0.15, 0.2) is 30.5 Å². The molecule has 0 fully saturated rings. The smallest absolute Gasteiger partial charge is 0.337 e. The quantitative estimate of drug-likeness (QED) is 0.922. The normalized spacial score (nSPS) is 10.3. The Kier molecular flexibility index (Phi) is 3.46. The molecule has 0 aliphatic heterocycles. The number of hydrogen-bond acceptors (Lipinski definition) is 3. The molecule has 98 valence electrons. The molecule has 0 aliphatic rings. The first-order valence-electron chi connectivity index (χ1n) is 5.56. The summed E-state index contributed by atoms with van der Waals surface area (Å²) in [7, 11) is 1.48. The molecular weight excluding hydrogens is 249 g/mol. The monoisotopic (exact) mass is 261 g/mol. The highest BCUT2D eigenvalue weighted by Gasteiger charge is 2.13. The fraction of sp³-hybridized carbons (Fsp3) is 0.143. The number of pyridine rings is 1. The van der Waals surface area contributed by atoms with Crippen LogP contribution in [0.4, 0.5) is 4.39 Å². The Balaban J connectivity index is 2.59. The lowest BCUT2D eigenvalue weighted by Crippen LogP contribution is -2.00. The molecule has 0 bridgehead atoms. The lowest BCUT2D eigenvalue weighted by molar-refractivity contribution is 0.0696. The predicted octanol–water partition coefficient (Wildman–Crippen LogP) is 2.90. The standard InChI is InChI=1S/C14H12FNO3/c1-8-5-9(14(17)18)7-16-13(8)11-6-10(15)3-4-12(11)19-2/h3-7H,1-2H3,(H,17,18). The fourth-order valence-electron chi connectivity index (χ4n) is 1.84. The summed E-state index contributed by atoms with van der Waals surface area (Å²) in [4.78, 5) is 14.9. The highest BCUT2D eigenvalue weighted by Crippen LogP contribution is 2.31. The van der Waals surface area contributed by atoms with Crippen LogP contribution in [0.1, 0.15) is 15.9 Å². The second-order valence-corrected chi connectivity index (χ2v) is 4.04. The SMILES string of the molecule is COc1ccc(F)cc1-c1ncc(C(=O)O)cc1C. The molecule has 1 aromatic heterocycles. The summed E-state index contributed by atoms with van der Waals surface area (Å²) in [6, 6.07) is 5.61. The van der Waals surface area contributed by atoms with Crippen LogP contribution in [0.2, 0.25) is 0 Å². The number of rotatable bonds is 3. The average molecular weight is 261 g/mol. The maximum atomic E-state index is 13.3. The third-order valence-corrected chi connectivity index (χ3v) is 2.74. The average Bonchev–Trinajstić information content (AvgIpc) is 2.38. The Morgan fingerprint density at radius 1 is 1.37 bits per heavy atom. The largest absolute Gasteiger partial charge is 0.496 e. The van der Waals surface area contributed by atoms with Crippen molar-refractivity contribution in [2.75, 3.05) is 7.11 Å². The zero-order valence-electron chi connectivity index (χ0n) is 10.5. The molecule has 0 spiro atoms. The van der Waals surface area contributed by atoms with Crippen molar-refractivity contribution >= 4 is 5.97 Å². The zero-order chi connectivity index (χ0) is 14.0. The Morgan fingerprint density at radius 3 is 2.68 bits per heavy atom. The van der Waals surface area contributed by atoms with Gasteiger partial charge in [0.05, 0.1) is 18.4 Å². The van der Waals surface area contributed by atoms with Gasteiger partial charge in [0.25, 0.3) is 0 Å². The number of benzene rings is 1. The number of nitrogens with zero attached hydrogens (tertiary/aromatic N) is 1. The van der Waals surface area contributed by atoms with E-state index >= 15 is 0 Å². The van der Waals surface area contributed by atoms with Gasteiger partial charge in [0.15, 0.2) is 0 Å². The van der Waals surface area contributed by atoms with Gasteiger partial charge in [-0.15, -0.1) is 0 Å². The molecule has 0 radical (unpaired) electrons. The van der Waals surface area contributed by atoms with Crippen molar-refractivity contribution in [3.8, 4) is 17.0 Å². The van der Waals surface area contributed by atoms with Crippen molar-refractivity contribution < 1.29 is 19.0 Å². The van der Waals surface area contributed by atoms with E-state index in [0.29, 0.717) is 22.6 Å². The van der Waals surface area contributed by atoms with Crippen LogP contribution in [-0.2, 0) is 0 Å². The molecule has 0 atom stereocenters. The molecule has 0 saturated heterocycles. The van der Waals surface area contributed by atoms with E-state index in [9.17, 15) is 9.18 Å². The van der Waals surface area contributed by atoms with Crippen LogP contribution in [-0.4, -0.2) is 23.2 Å². The first-order valence-corrected chi connectivity index (χ1v) is 5.56. The minimum absolute atomic E-state index is 0.0941. The highest BCUT2D eigenvalue weighted by atomic mass is 19.1. The summed E-state index contributed by atoms with van der Waals surface area (Å²) in [5.74, 6) is -0.965. The number of carbonyl (C=O) groups is 1. The lowest BCUT2D eigenvalue weighted by atomic mass is 10.0. The van der Waals surface area contributed by atoms with Crippen molar-refractivity contribution in [2.24, 2.45) is 0 Å². The third kappa shape index (κ3) is 2.54. The van der Waals surface area contributed by atoms with Crippen LogP contribution in [0.5, 0.6) is 5.75 Å². The van der Waals surface area contributed by atoms with Crippen molar-refractivity contribution in [1.29, 1.82) is 0 Å². The number of carboxylic acids is 1. The van der Waals surface area contributed by atoms with Crippen LogP contribution in [0.25, 0.3) is 11.3 Å². The molecule has 19 heavy (non-hydrogen) atoms. The predicted molar refractivity (Wildman–Crippen MR) is 67.9 cm³/mol. The number of hydrogen-bond donors (Lipinski definition) is 1. The van der Waals surface area contributed by atoms with Gasteiger partial charge in [0.1, 0.15) is 11.6 Å². The van der Waals surface area contributed by atoms with Crippen molar-refractivity contribution in [3.63, 3.8) is 0 Å². The van der Waals surface area contributed by atoms with Crippen molar-refractivity contribution in [1.82, 2.24) is 4.98 Å². The molecule has 0 amide bonds. The Morgan fingerprint density at radius 2 is 2.11 bits per heavy atom. The molecular formula is C14H12FNO3. The minimum atomic E-state index is -1.05. The molecule has 5 heteroatoms. The van der Waals surface area contributed by atoms with Crippen LogP contribution >= 0.6 is 0 Å². The van der Waals surface area contributed by atoms with Gasteiger partial charge in [-0.2, -0.15) is 0 Å². The second kappa shape index (κ2) is 5.06. The van der Waals surface area contributed by atoms with Crippen LogP contribution in [0.3, 0.4) is 0 Å². The summed E-state index contributed by atoms with van der Waals surface area (Å²) < 4.78 is 18.5. The summed E-state index contributed by atoms with van der Waals surface area (Å²) in [6.45, 7) is 1.72. The number of aromatic carboxylic acids is 1. The van der Waals surface area contributed by atoms with Gasteiger partial charge >= 0.3 is 5.97 Å². The van der Waals surface area contributed by atoms with E-state index < -0.39 is 11.8 Å². The summed E-state index contributed by atoms with van der Waals surface area (Å²) in [5.41, 5.74) is 1.73. The minimum Gasteiger partial charge on any atom is -0.496 e. The van der Waals surface area contributed by atoms with Gasteiger partial charge in [-0.25, -0.2) is 9.18 Å². The Hall–Kier alpha value is -2.43. The van der Waals surface area contributed by atoms with E-state index in [4.69, 9.17) is 9.84 Å². The van der Waals surface area contributed by atoms with E-state index in [1.165, 1.54) is 37.6 Å². The maximum absolute atomic E-state index is 13.3. The Labute approximate surface area is 109 Å². The topological polar surface area (TPSA) is 59.4 Å². The fourth-order valence-corrected chi connectivity index (χ4v) is 1.84. The van der Waals surface area contributed by atoms with E-state index in [2.05, 4.69) is 4.98 Å². The molecule has 0 saturated carbocycles. The van der Waals surface area contributed by atoms with E-state index in [0.717, 1.165) is 0 Å². The maximum Gasteiger partial charge on any atom is 0.337 e. The number of aryl methyl sites for hydroxylation is 1. The molecule has 1 heterocycles. The first kappa shape index (κ1) is 13.0. The summed E-state index contributed by atoms with van der Waals surface area (Å²) >= 11 is 0. The number of aromatic nitrogens is 1. The molecule has 2 aromatic rings. The van der Waals surface area contributed by atoms with Crippen molar-refractivity contribution in [2.45, 2.75) is 6.92 Å². The van der Waals surface area contributed by atoms with Crippen molar-refractivity contribution in [3.05, 3.63) is 47.4 Å². The van der Waals surface area contributed by atoms with E-state index in [1.807, 2.05) is 0 Å². The first-order chi connectivity index (χ1) is 9.02. The third-order valence-electron chi connectivity index (χ3n) is 2.74. The van der Waals surface area contributed by atoms with Gasteiger partial charge in [0.2, 0.25) is 0 Å². The molecule has 0 aliphatic carbocycles. The van der Waals surface area contributed by atoms with Gasteiger partial charge in [-0.3, -0.25) is 4.98 Å². The van der Waals surface area contributed by atoms with Crippen LogP contribution in [0, 0.1) is 12.7 Å². The molecule has 1 N–H and O–H groups in total. The van der Waals surface area contributed by atoms with Gasteiger partial charge in [-0.1, -0.05) is 0 Å². The molecule has 1 aromatic carbocycles. The second-order valence-electron chi connectivity index (χ2n) is 4.04. The number of ether oxygens (including phenoxy) is 1. The zero-order valence-corrected chi connectivity index (χ0v) is 10.5. The van der Waals surface area contributed by atoms with E-state index in [-0.39, 0.29) is 5.56 Å². The summed E-state index contributed by atoms with van der Waals surface area (Å²) in [6.07, 6.45) is 1.25. The molecule has 4 nitrogen and oxygen atoms in total. The molecule has 0 unspecified atom stereocenters. The Bertz CT molecular complexity index is 641. The number of halogens is 1. The number of carboxylic acid groups (broad SMARTS) is 1. The molecule has 2 rings (SSSR count). The highest BCUT2D eigenvalue weighted by molar-refractivity contribution is 5.88. The van der Waals surface area contributed by atoms with Gasteiger partial charge in [0, 0.05) is 11.8 Å². The van der Waals surface area contributed by atoms with Gasteiger partial charge < -0.3 is 9.84 Å². The van der Waals surface area contributed by atoms with E-state index in [1.54, 1.807) is 6.92 Å². The van der Waals surface area contributed by atoms with Gasteiger partial charge in [-0.05, 0) is 36.8 Å². The lowest BCUT2D eigenvalue weighted by Gasteiger charge is -2.10. The summed E-state index contributed by atoms with van der Waals surface area (Å²) in [5, 5.41) is 8.89.